The number of carbonyl (C=O) groups excluding carboxylic acids is 1. The van der Waals surface area contributed by atoms with Crippen molar-refractivity contribution in [1.82, 2.24) is 0 Å². The third-order valence-electron chi connectivity index (χ3n) is 3.52. The Hall–Kier alpha value is -2.32. The lowest BCUT2D eigenvalue weighted by Gasteiger charge is -2.10. The Kier molecular flexibility index (Phi) is 4.49. The van der Waals surface area contributed by atoms with E-state index in [0.29, 0.717) is 17.1 Å². The molecule has 0 saturated heterocycles. The molecule has 1 aromatic carbocycles. The van der Waals surface area contributed by atoms with Crippen molar-refractivity contribution in [3.63, 3.8) is 0 Å². The lowest BCUT2D eigenvalue weighted by atomic mass is 10.1. The van der Waals surface area contributed by atoms with E-state index in [1.54, 1.807) is 20.8 Å². The standard InChI is InChI=1S/C15H18N2O5S/c1-8-9(2)22-10(3)14(8)15(18)17-11-5-6-12(21-4)13(7-11)23(16,19)20/h5-7H,1-4H3,(H,17,18)(H2,16,19,20). The van der Waals surface area contributed by atoms with Gasteiger partial charge in [0, 0.05) is 11.3 Å². The molecule has 1 heterocycles. The largest absolute Gasteiger partial charge is 0.495 e. The average molecular weight is 338 g/mol. The van der Waals surface area contributed by atoms with E-state index in [2.05, 4.69) is 5.32 Å². The van der Waals surface area contributed by atoms with Crippen molar-refractivity contribution in [3.05, 3.63) is 40.8 Å². The summed E-state index contributed by atoms with van der Waals surface area (Å²) in [6, 6.07) is 4.21. The Morgan fingerprint density at radius 3 is 2.35 bits per heavy atom. The van der Waals surface area contributed by atoms with E-state index in [1.807, 2.05) is 0 Å². The fourth-order valence-corrected chi connectivity index (χ4v) is 3.02. The normalized spacial score (nSPS) is 11.3. The molecular formula is C15H18N2O5S. The number of furan rings is 1. The number of rotatable bonds is 4. The molecule has 7 nitrogen and oxygen atoms in total. The monoisotopic (exact) mass is 338 g/mol. The first-order valence-electron chi connectivity index (χ1n) is 6.74. The maximum Gasteiger partial charge on any atom is 0.259 e. The third kappa shape index (κ3) is 3.38. The number of hydrogen-bond acceptors (Lipinski definition) is 5. The van der Waals surface area contributed by atoms with Crippen LogP contribution in [-0.2, 0) is 10.0 Å². The Bertz CT molecular complexity index is 868. The molecule has 0 spiro atoms. The quantitative estimate of drug-likeness (QED) is 0.887. The maximum absolute atomic E-state index is 12.4. The van der Waals surface area contributed by atoms with E-state index in [0.717, 1.165) is 5.56 Å². The average Bonchev–Trinajstić information content (AvgIpc) is 2.71. The van der Waals surface area contributed by atoms with Crippen LogP contribution in [0, 0.1) is 20.8 Å². The van der Waals surface area contributed by atoms with Crippen molar-refractivity contribution in [3.8, 4) is 5.75 Å². The molecule has 1 amide bonds. The van der Waals surface area contributed by atoms with Gasteiger partial charge in [-0.05, 0) is 39.0 Å². The van der Waals surface area contributed by atoms with Gasteiger partial charge in [-0.1, -0.05) is 0 Å². The second-order valence-electron chi connectivity index (χ2n) is 5.08. The van der Waals surface area contributed by atoms with Crippen molar-refractivity contribution in [1.29, 1.82) is 0 Å². The highest BCUT2D eigenvalue weighted by Crippen LogP contribution is 2.27. The first kappa shape index (κ1) is 17.0. The van der Waals surface area contributed by atoms with Gasteiger partial charge < -0.3 is 14.5 Å². The number of primary sulfonamides is 1. The van der Waals surface area contributed by atoms with E-state index in [1.165, 1.54) is 25.3 Å². The van der Waals surface area contributed by atoms with Gasteiger partial charge in [-0.25, -0.2) is 13.6 Å². The van der Waals surface area contributed by atoms with Gasteiger partial charge >= 0.3 is 0 Å². The van der Waals surface area contributed by atoms with Gasteiger partial charge in [-0.3, -0.25) is 4.79 Å². The Balaban J connectivity index is 2.39. The van der Waals surface area contributed by atoms with E-state index in [9.17, 15) is 13.2 Å². The van der Waals surface area contributed by atoms with Gasteiger partial charge in [0.1, 0.15) is 22.2 Å². The molecule has 0 fully saturated rings. The Morgan fingerprint density at radius 2 is 1.87 bits per heavy atom. The highest BCUT2D eigenvalue weighted by molar-refractivity contribution is 7.89. The summed E-state index contributed by atoms with van der Waals surface area (Å²) in [5, 5.41) is 7.80. The summed E-state index contributed by atoms with van der Waals surface area (Å²) in [5.41, 5.74) is 1.45. The zero-order valence-corrected chi connectivity index (χ0v) is 14.1. The van der Waals surface area contributed by atoms with Crippen LogP contribution in [0.15, 0.2) is 27.5 Å². The summed E-state index contributed by atoms with van der Waals surface area (Å²) in [7, 11) is -2.64. The van der Waals surface area contributed by atoms with Gasteiger partial charge in [0.2, 0.25) is 10.0 Å². The molecule has 2 aromatic rings. The van der Waals surface area contributed by atoms with Crippen molar-refractivity contribution in [2.75, 3.05) is 12.4 Å². The van der Waals surface area contributed by atoms with E-state index < -0.39 is 10.0 Å². The highest BCUT2D eigenvalue weighted by atomic mass is 32.2. The SMILES string of the molecule is COc1ccc(NC(=O)c2c(C)oc(C)c2C)cc1S(N)(=O)=O. The molecule has 0 radical (unpaired) electrons. The molecule has 124 valence electrons. The number of methoxy groups -OCH3 is 1. The number of nitrogens with two attached hydrogens (primary N) is 1. The lowest BCUT2D eigenvalue weighted by Crippen LogP contribution is -2.16. The number of nitrogens with one attached hydrogen (secondary N) is 1. The fourth-order valence-electron chi connectivity index (χ4n) is 2.30. The van der Waals surface area contributed by atoms with Crippen molar-refractivity contribution in [2.24, 2.45) is 5.14 Å². The summed E-state index contributed by atoms with van der Waals surface area (Å²) < 4.78 is 33.6. The summed E-state index contributed by atoms with van der Waals surface area (Å²) in [6.45, 7) is 5.24. The molecule has 23 heavy (non-hydrogen) atoms. The minimum Gasteiger partial charge on any atom is -0.495 e. The molecule has 3 N–H and O–H groups in total. The highest BCUT2D eigenvalue weighted by Gasteiger charge is 2.20. The van der Waals surface area contributed by atoms with Crippen LogP contribution < -0.4 is 15.2 Å². The Morgan fingerprint density at radius 1 is 1.22 bits per heavy atom. The zero-order chi connectivity index (χ0) is 17.4. The lowest BCUT2D eigenvalue weighted by molar-refractivity contribution is 0.102. The smallest absolute Gasteiger partial charge is 0.259 e. The van der Waals surface area contributed by atoms with E-state index in [4.69, 9.17) is 14.3 Å². The van der Waals surface area contributed by atoms with Crippen molar-refractivity contribution >= 4 is 21.6 Å². The van der Waals surface area contributed by atoms with Crippen LogP contribution in [0.5, 0.6) is 5.75 Å². The molecule has 0 unspecified atom stereocenters. The van der Waals surface area contributed by atoms with Gasteiger partial charge in [-0.2, -0.15) is 0 Å². The molecule has 0 aliphatic carbocycles. The van der Waals surface area contributed by atoms with Gasteiger partial charge in [0.05, 0.1) is 12.7 Å². The summed E-state index contributed by atoms with van der Waals surface area (Å²) in [4.78, 5) is 12.2. The number of aryl methyl sites for hydroxylation is 2. The van der Waals surface area contributed by atoms with Crippen LogP contribution in [0.1, 0.15) is 27.4 Å². The first-order chi connectivity index (χ1) is 10.6. The second kappa shape index (κ2) is 6.05. The number of hydrogen-bond donors (Lipinski definition) is 2. The number of amides is 1. The van der Waals surface area contributed by atoms with E-state index in [-0.39, 0.29) is 22.2 Å². The van der Waals surface area contributed by atoms with Crippen LogP contribution >= 0.6 is 0 Å². The van der Waals surface area contributed by atoms with Crippen LogP contribution in [0.2, 0.25) is 0 Å². The minimum atomic E-state index is -3.98. The topological polar surface area (TPSA) is 112 Å². The molecule has 1 aromatic heterocycles. The second-order valence-corrected chi connectivity index (χ2v) is 6.61. The van der Waals surface area contributed by atoms with Crippen LogP contribution in [0.3, 0.4) is 0 Å². The molecule has 0 saturated carbocycles. The summed E-state index contributed by atoms with van der Waals surface area (Å²) in [6.07, 6.45) is 0. The predicted molar refractivity (Wildman–Crippen MR) is 85.2 cm³/mol. The fraction of sp³-hybridized carbons (Fsp3) is 0.267. The van der Waals surface area contributed by atoms with Crippen LogP contribution in [-0.4, -0.2) is 21.4 Å². The molecule has 0 atom stereocenters. The minimum absolute atomic E-state index is 0.108. The molecule has 8 heteroatoms. The molecule has 0 aliphatic heterocycles. The number of carbonyl (C=O) groups is 1. The molecule has 0 aliphatic rings. The molecule has 2 rings (SSSR count). The zero-order valence-electron chi connectivity index (χ0n) is 13.3. The van der Waals surface area contributed by atoms with Crippen LogP contribution in [0.25, 0.3) is 0 Å². The summed E-state index contributed by atoms with van der Waals surface area (Å²) in [5.74, 6) is 0.879. The molecular weight excluding hydrogens is 320 g/mol. The van der Waals surface area contributed by atoms with Gasteiger partial charge in [-0.15, -0.1) is 0 Å². The molecule has 0 bridgehead atoms. The van der Waals surface area contributed by atoms with Crippen molar-refractivity contribution < 1.29 is 22.4 Å². The predicted octanol–water partition coefficient (Wildman–Crippen LogP) is 2.11. The number of sulfonamides is 1. The number of anilines is 1. The third-order valence-corrected chi connectivity index (χ3v) is 4.45. The number of benzene rings is 1. The Labute approximate surface area is 134 Å². The van der Waals surface area contributed by atoms with Crippen molar-refractivity contribution in [2.45, 2.75) is 25.7 Å². The van der Waals surface area contributed by atoms with Crippen LogP contribution in [0.4, 0.5) is 5.69 Å². The van der Waals surface area contributed by atoms with Gasteiger partial charge in [0.15, 0.2) is 0 Å². The van der Waals surface area contributed by atoms with E-state index >= 15 is 0 Å². The summed E-state index contributed by atoms with van der Waals surface area (Å²) >= 11 is 0. The maximum atomic E-state index is 12.4. The van der Waals surface area contributed by atoms with Gasteiger partial charge in [0.25, 0.3) is 5.91 Å². The first-order valence-corrected chi connectivity index (χ1v) is 8.28. The number of ether oxygens (including phenoxy) is 1.